The van der Waals surface area contributed by atoms with E-state index in [1.165, 1.54) is 31.2 Å². The van der Waals surface area contributed by atoms with Crippen molar-refractivity contribution in [3.8, 4) is 0 Å². The van der Waals surface area contributed by atoms with E-state index in [4.69, 9.17) is 12.2 Å². The normalized spacial score (nSPS) is 24.6. The first kappa shape index (κ1) is 12.4. The van der Waals surface area contributed by atoms with Crippen molar-refractivity contribution in [1.82, 2.24) is 9.55 Å². The first-order valence-corrected chi connectivity index (χ1v) is 7.75. The second-order valence-electron chi connectivity index (χ2n) is 5.39. The molecule has 1 aromatic carbocycles. The zero-order valence-corrected chi connectivity index (χ0v) is 12.9. The molecule has 1 N–H and O–H groups in total. The van der Waals surface area contributed by atoms with Crippen LogP contribution in [0.1, 0.15) is 38.6 Å². The first-order valence-electron chi connectivity index (χ1n) is 6.55. The SMILES string of the molecule is CC1CCCC(n2c(=S)[nH]c3ccc(Br)cc32)C1. The fourth-order valence-electron chi connectivity index (χ4n) is 3.09. The smallest absolute Gasteiger partial charge is 0.178 e. The number of nitrogens with zero attached hydrogens (tertiary/aromatic N) is 1. The Kier molecular flexibility index (Phi) is 3.32. The fraction of sp³-hybridized carbons (Fsp3) is 0.500. The Morgan fingerprint density at radius 2 is 2.22 bits per heavy atom. The van der Waals surface area contributed by atoms with Gasteiger partial charge in [-0.15, -0.1) is 0 Å². The summed E-state index contributed by atoms with van der Waals surface area (Å²) in [5, 5.41) is 0. The van der Waals surface area contributed by atoms with Gasteiger partial charge in [0.2, 0.25) is 0 Å². The van der Waals surface area contributed by atoms with E-state index in [1.54, 1.807) is 0 Å². The summed E-state index contributed by atoms with van der Waals surface area (Å²) in [5.74, 6) is 0.808. The van der Waals surface area contributed by atoms with Crippen LogP contribution in [-0.4, -0.2) is 9.55 Å². The summed E-state index contributed by atoms with van der Waals surface area (Å²) in [6.45, 7) is 2.35. The summed E-state index contributed by atoms with van der Waals surface area (Å²) in [5.41, 5.74) is 2.37. The Labute approximate surface area is 121 Å². The van der Waals surface area contributed by atoms with Crippen LogP contribution in [0.15, 0.2) is 22.7 Å². The predicted molar refractivity (Wildman–Crippen MR) is 81.5 cm³/mol. The predicted octanol–water partition coefficient (Wildman–Crippen LogP) is 5.21. The van der Waals surface area contributed by atoms with E-state index in [0.29, 0.717) is 6.04 Å². The van der Waals surface area contributed by atoms with Gasteiger partial charge in [-0.1, -0.05) is 35.7 Å². The molecule has 0 aliphatic heterocycles. The molecule has 1 saturated carbocycles. The Morgan fingerprint density at radius 1 is 1.39 bits per heavy atom. The Hall–Kier alpha value is -0.610. The minimum atomic E-state index is 0.560. The molecule has 0 radical (unpaired) electrons. The van der Waals surface area contributed by atoms with Crippen LogP contribution in [0.4, 0.5) is 0 Å². The van der Waals surface area contributed by atoms with Crippen LogP contribution in [0.2, 0.25) is 0 Å². The molecule has 3 rings (SSSR count). The van der Waals surface area contributed by atoms with Gasteiger partial charge in [0.05, 0.1) is 11.0 Å². The minimum Gasteiger partial charge on any atom is -0.331 e. The van der Waals surface area contributed by atoms with Crippen LogP contribution in [0.3, 0.4) is 0 Å². The summed E-state index contributed by atoms with van der Waals surface area (Å²) in [7, 11) is 0. The van der Waals surface area contributed by atoms with Gasteiger partial charge >= 0.3 is 0 Å². The van der Waals surface area contributed by atoms with Gasteiger partial charge < -0.3 is 9.55 Å². The van der Waals surface area contributed by atoms with Crippen LogP contribution >= 0.6 is 28.1 Å². The molecule has 1 heterocycles. The van der Waals surface area contributed by atoms with Crippen LogP contribution < -0.4 is 0 Å². The standard InChI is InChI=1S/C14H17BrN2S/c1-9-3-2-4-11(7-9)17-13-8-10(15)5-6-12(13)16-14(17)18/h5-6,8-9,11H,2-4,7H2,1H3,(H,16,18). The minimum absolute atomic E-state index is 0.560. The number of hydrogen-bond donors (Lipinski definition) is 1. The molecule has 2 aromatic rings. The van der Waals surface area contributed by atoms with Gasteiger partial charge in [0.15, 0.2) is 4.77 Å². The van der Waals surface area contributed by atoms with Gasteiger partial charge in [0.1, 0.15) is 0 Å². The second kappa shape index (κ2) is 4.82. The summed E-state index contributed by atoms with van der Waals surface area (Å²) in [6.07, 6.45) is 5.16. The van der Waals surface area contributed by atoms with Crippen LogP contribution in [0, 0.1) is 10.7 Å². The van der Waals surface area contributed by atoms with E-state index in [2.05, 4.69) is 50.6 Å². The molecule has 1 aliphatic carbocycles. The monoisotopic (exact) mass is 324 g/mol. The van der Waals surface area contributed by atoms with Gasteiger partial charge in [0, 0.05) is 10.5 Å². The number of imidazole rings is 1. The number of H-pyrrole nitrogens is 1. The van der Waals surface area contributed by atoms with Crippen molar-refractivity contribution >= 4 is 39.2 Å². The summed E-state index contributed by atoms with van der Waals surface area (Å²) >= 11 is 9.06. The molecule has 0 amide bonds. The highest BCUT2D eigenvalue weighted by Gasteiger charge is 2.22. The molecule has 1 aliphatic rings. The Morgan fingerprint density at radius 3 is 3.00 bits per heavy atom. The zero-order chi connectivity index (χ0) is 12.7. The van der Waals surface area contributed by atoms with E-state index in [0.717, 1.165) is 20.7 Å². The van der Waals surface area contributed by atoms with Crippen molar-refractivity contribution in [1.29, 1.82) is 0 Å². The highest BCUT2D eigenvalue weighted by molar-refractivity contribution is 9.10. The van der Waals surface area contributed by atoms with Crippen LogP contribution in [-0.2, 0) is 0 Å². The maximum absolute atomic E-state index is 5.51. The van der Waals surface area contributed by atoms with Crippen LogP contribution in [0.5, 0.6) is 0 Å². The lowest BCUT2D eigenvalue weighted by Gasteiger charge is -2.28. The van der Waals surface area contributed by atoms with E-state index in [-0.39, 0.29) is 0 Å². The van der Waals surface area contributed by atoms with Crippen molar-refractivity contribution in [3.05, 3.63) is 27.4 Å². The van der Waals surface area contributed by atoms with E-state index in [1.807, 2.05) is 0 Å². The van der Waals surface area contributed by atoms with Crippen molar-refractivity contribution in [2.24, 2.45) is 5.92 Å². The van der Waals surface area contributed by atoms with Gasteiger partial charge in [-0.05, 0) is 49.2 Å². The third-order valence-corrected chi connectivity index (χ3v) is 4.75. The van der Waals surface area contributed by atoms with Crippen molar-refractivity contribution in [3.63, 3.8) is 0 Å². The molecule has 0 spiro atoms. The van der Waals surface area contributed by atoms with E-state index < -0.39 is 0 Å². The average Bonchev–Trinajstić information content (AvgIpc) is 2.64. The maximum atomic E-state index is 5.51. The largest absolute Gasteiger partial charge is 0.331 e. The lowest BCUT2D eigenvalue weighted by molar-refractivity contribution is 0.285. The number of rotatable bonds is 1. The molecular formula is C14H17BrN2S. The quantitative estimate of drug-likeness (QED) is 0.714. The van der Waals surface area contributed by atoms with Gasteiger partial charge in [-0.3, -0.25) is 0 Å². The van der Waals surface area contributed by atoms with Gasteiger partial charge in [0.25, 0.3) is 0 Å². The fourth-order valence-corrected chi connectivity index (χ4v) is 3.80. The van der Waals surface area contributed by atoms with Crippen molar-refractivity contribution in [2.45, 2.75) is 38.6 Å². The third-order valence-electron chi connectivity index (χ3n) is 3.95. The Bertz CT molecular complexity index is 628. The molecule has 4 heteroatoms. The average molecular weight is 325 g/mol. The number of aromatic amines is 1. The molecule has 0 saturated heterocycles. The number of benzene rings is 1. The van der Waals surface area contributed by atoms with Gasteiger partial charge in [-0.2, -0.15) is 0 Å². The number of fused-ring (bicyclic) bond motifs is 1. The third kappa shape index (κ3) is 2.16. The molecule has 2 unspecified atom stereocenters. The van der Waals surface area contributed by atoms with E-state index >= 15 is 0 Å². The molecule has 2 atom stereocenters. The summed E-state index contributed by atoms with van der Waals surface area (Å²) < 4.78 is 4.30. The topological polar surface area (TPSA) is 20.7 Å². The number of halogens is 1. The molecule has 18 heavy (non-hydrogen) atoms. The van der Waals surface area contributed by atoms with Gasteiger partial charge in [-0.25, -0.2) is 0 Å². The summed E-state index contributed by atoms with van der Waals surface area (Å²) in [4.78, 5) is 3.32. The van der Waals surface area contributed by atoms with Crippen molar-refractivity contribution in [2.75, 3.05) is 0 Å². The molecule has 1 aromatic heterocycles. The second-order valence-corrected chi connectivity index (χ2v) is 6.69. The van der Waals surface area contributed by atoms with Crippen molar-refractivity contribution < 1.29 is 0 Å². The molecule has 96 valence electrons. The highest BCUT2D eigenvalue weighted by atomic mass is 79.9. The highest BCUT2D eigenvalue weighted by Crippen LogP contribution is 2.35. The molecule has 2 nitrogen and oxygen atoms in total. The molecule has 1 fully saturated rings. The zero-order valence-electron chi connectivity index (χ0n) is 10.4. The molecule has 0 bridgehead atoms. The summed E-state index contributed by atoms with van der Waals surface area (Å²) in [6, 6.07) is 6.88. The maximum Gasteiger partial charge on any atom is 0.178 e. The number of hydrogen-bond acceptors (Lipinski definition) is 1. The lowest BCUT2D eigenvalue weighted by atomic mass is 9.87. The molecular weight excluding hydrogens is 308 g/mol. The Balaban J connectivity index is 2.12. The van der Waals surface area contributed by atoms with Crippen LogP contribution in [0.25, 0.3) is 11.0 Å². The lowest BCUT2D eigenvalue weighted by Crippen LogP contribution is -2.17. The number of nitrogens with one attached hydrogen (secondary N) is 1. The number of aromatic nitrogens is 2. The first-order chi connectivity index (χ1) is 8.65. The van der Waals surface area contributed by atoms with E-state index in [9.17, 15) is 0 Å².